The first kappa shape index (κ1) is 11.8. The van der Waals surface area contributed by atoms with E-state index in [2.05, 4.69) is 85.3 Å². The second kappa shape index (κ2) is 4.00. The highest BCUT2D eigenvalue weighted by atomic mass is 79.9. The van der Waals surface area contributed by atoms with Crippen LogP contribution in [0.15, 0.2) is 33.5 Å². The highest BCUT2D eigenvalue weighted by molar-refractivity contribution is 9.13. The second-order valence-electron chi connectivity index (χ2n) is 5.08. The predicted octanol–water partition coefficient (Wildman–Crippen LogP) is 2.84. The SMILES string of the molecule is CC1CN2C=CC=c3c(Br)c(Br)c4c(c32)N1C=CC=4. The number of anilines is 2. The zero-order valence-electron chi connectivity index (χ0n) is 10.4. The minimum Gasteiger partial charge on any atom is -0.344 e. The first-order valence-corrected chi connectivity index (χ1v) is 7.90. The van der Waals surface area contributed by atoms with E-state index in [9.17, 15) is 0 Å². The Labute approximate surface area is 128 Å². The molecule has 0 radical (unpaired) electrons. The van der Waals surface area contributed by atoms with Gasteiger partial charge in [-0.2, -0.15) is 0 Å². The molecule has 0 bridgehead atoms. The average Bonchev–Trinajstić information content (AvgIpc) is 2.43. The number of rotatable bonds is 0. The van der Waals surface area contributed by atoms with Gasteiger partial charge in [0.25, 0.3) is 0 Å². The zero-order valence-corrected chi connectivity index (χ0v) is 13.6. The fraction of sp³-hybridized carbons (Fsp3) is 0.200. The van der Waals surface area contributed by atoms with Crippen LogP contribution in [0.5, 0.6) is 0 Å². The quantitative estimate of drug-likeness (QED) is 0.683. The average molecular weight is 380 g/mol. The van der Waals surface area contributed by atoms with Crippen molar-refractivity contribution in [2.45, 2.75) is 13.0 Å². The monoisotopic (exact) mass is 378 g/mol. The summed E-state index contributed by atoms with van der Waals surface area (Å²) in [7, 11) is 0. The minimum atomic E-state index is 0.472. The van der Waals surface area contributed by atoms with E-state index in [1.54, 1.807) is 0 Å². The molecule has 1 atom stereocenters. The molecule has 3 aliphatic rings. The van der Waals surface area contributed by atoms with E-state index < -0.39 is 0 Å². The van der Waals surface area contributed by atoms with Crippen molar-refractivity contribution in [3.8, 4) is 0 Å². The summed E-state index contributed by atoms with van der Waals surface area (Å²) in [6.07, 6.45) is 13.0. The van der Waals surface area contributed by atoms with Crippen LogP contribution < -0.4 is 20.2 Å². The maximum Gasteiger partial charge on any atom is 0.0742 e. The Hall–Kier alpha value is -1.00. The van der Waals surface area contributed by atoms with Gasteiger partial charge in [0.05, 0.1) is 11.4 Å². The van der Waals surface area contributed by atoms with Crippen LogP contribution in [-0.2, 0) is 0 Å². The van der Waals surface area contributed by atoms with E-state index in [0.717, 1.165) is 15.5 Å². The van der Waals surface area contributed by atoms with Crippen LogP contribution in [0.25, 0.3) is 12.2 Å². The molecule has 0 fully saturated rings. The van der Waals surface area contributed by atoms with Gasteiger partial charge in [-0.05, 0) is 50.9 Å². The van der Waals surface area contributed by atoms with E-state index in [4.69, 9.17) is 0 Å². The van der Waals surface area contributed by atoms with Crippen LogP contribution in [0.1, 0.15) is 6.92 Å². The Morgan fingerprint density at radius 3 is 2.37 bits per heavy atom. The molecule has 0 aliphatic carbocycles. The summed E-state index contributed by atoms with van der Waals surface area (Å²) in [5, 5.41) is 2.52. The number of hydrogen-bond donors (Lipinski definition) is 0. The molecular weight excluding hydrogens is 368 g/mol. The molecule has 0 aromatic heterocycles. The first-order valence-electron chi connectivity index (χ1n) is 6.31. The lowest BCUT2D eigenvalue weighted by atomic mass is 10.0. The van der Waals surface area contributed by atoms with Crippen molar-refractivity contribution >= 4 is 55.4 Å². The van der Waals surface area contributed by atoms with Crippen molar-refractivity contribution in [1.82, 2.24) is 0 Å². The molecule has 96 valence electrons. The summed E-state index contributed by atoms with van der Waals surface area (Å²) in [5.41, 5.74) is 2.62. The van der Waals surface area contributed by atoms with Gasteiger partial charge < -0.3 is 9.80 Å². The van der Waals surface area contributed by atoms with Crippen LogP contribution in [-0.4, -0.2) is 12.6 Å². The molecule has 0 saturated heterocycles. The lowest BCUT2D eigenvalue weighted by Crippen LogP contribution is -2.49. The summed E-state index contributed by atoms with van der Waals surface area (Å²) in [6, 6.07) is 0.472. The summed E-state index contributed by atoms with van der Waals surface area (Å²) in [5.74, 6) is 0. The van der Waals surface area contributed by atoms with Gasteiger partial charge in [0.2, 0.25) is 0 Å². The lowest BCUT2D eigenvalue weighted by molar-refractivity contribution is 0.672. The van der Waals surface area contributed by atoms with E-state index in [1.165, 1.54) is 21.8 Å². The summed E-state index contributed by atoms with van der Waals surface area (Å²) in [6.45, 7) is 3.28. The van der Waals surface area contributed by atoms with Gasteiger partial charge in [-0.15, -0.1) is 0 Å². The van der Waals surface area contributed by atoms with Gasteiger partial charge >= 0.3 is 0 Å². The molecule has 1 unspecified atom stereocenters. The molecule has 0 spiro atoms. The van der Waals surface area contributed by atoms with Gasteiger partial charge in [-0.3, -0.25) is 0 Å². The third kappa shape index (κ3) is 1.47. The van der Waals surface area contributed by atoms with Crippen LogP contribution in [0, 0.1) is 0 Å². The summed E-state index contributed by atoms with van der Waals surface area (Å²) < 4.78 is 2.27. The van der Waals surface area contributed by atoms with Crippen molar-refractivity contribution in [3.05, 3.63) is 43.9 Å². The van der Waals surface area contributed by atoms with Crippen molar-refractivity contribution in [1.29, 1.82) is 0 Å². The predicted molar refractivity (Wildman–Crippen MR) is 87.6 cm³/mol. The van der Waals surface area contributed by atoms with Crippen molar-refractivity contribution in [2.75, 3.05) is 16.3 Å². The van der Waals surface area contributed by atoms with E-state index >= 15 is 0 Å². The van der Waals surface area contributed by atoms with Crippen LogP contribution in [0.2, 0.25) is 0 Å². The Morgan fingerprint density at radius 1 is 1.00 bits per heavy atom. The van der Waals surface area contributed by atoms with Crippen LogP contribution in [0.3, 0.4) is 0 Å². The largest absolute Gasteiger partial charge is 0.344 e. The first-order chi connectivity index (χ1) is 9.18. The second-order valence-corrected chi connectivity index (χ2v) is 6.66. The minimum absolute atomic E-state index is 0.472. The molecule has 1 aromatic rings. The standard InChI is InChI=1S/C15H12Br2N2/c1-9-8-18-6-2-4-10-12(16)13(17)11-5-3-7-19(9)15(11)14(10)18/h2-7,9H,8H2,1H3. The van der Waals surface area contributed by atoms with E-state index in [1.807, 2.05) is 0 Å². The van der Waals surface area contributed by atoms with E-state index in [0.29, 0.717) is 6.04 Å². The van der Waals surface area contributed by atoms with Gasteiger partial charge in [-0.25, -0.2) is 0 Å². The lowest BCUT2D eigenvalue weighted by Gasteiger charge is -2.43. The Bertz CT molecular complexity index is 762. The smallest absolute Gasteiger partial charge is 0.0742 e. The van der Waals surface area contributed by atoms with Gasteiger partial charge in [-0.1, -0.05) is 12.2 Å². The number of halogens is 2. The zero-order chi connectivity index (χ0) is 13.1. The Morgan fingerprint density at radius 2 is 1.63 bits per heavy atom. The van der Waals surface area contributed by atoms with Gasteiger partial charge in [0, 0.05) is 44.4 Å². The molecule has 0 N–H and O–H groups in total. The fourth-order valence-corrected chi connectivity index (χ4v) is 4.14. The molecule has 3 heterocycles. The maximum absolute atomic E-state index is 3.74. The molecular formula is C15H12Br2N2. The van der Waals surface area contributed by atoms with Crippen molar-refractivity contribution < 1.29 is 0 Å². The van der Waals surface area contributed by atoms with Crippen molar-refractivity contribution in [3.63, 3.8) is 0 Å². The normalized spacial score (nSPS) is 21.9. The Kier molecular flexibility index (Phi) is 2.48. The van der Waals surface area contributed by atoms with Gasteiger partial charge in [0.1, 0.15) is 0 Å². The van der Waals surface area contributed by atoms with Crippen LogP contribution >= 0.6 is 31.9 Å². The molecule has 0 saturated carbocycles. The molecule has 3 aliphatic heterocycles. The fourth-order valence-electron chi connectivity index (χ4n) is 3.07. The molecule has 0 amide bonds. The molecule has 1 aromatic carbocycles. The number of benzene rings is 1. The molecule has 19 heavy (non-hydrogen) atoms. The highest BCUT2D eigenvalue weighted by Gasteiger charge is 2.31. The third-order valence-electron chi connectivity index (χ3n) is 3.92. The highest BCUT2D eigenvalue weighted by Crippen LogP contribution is 2.36. The third-order valence-corrected chi connectivity index (χ3v) is 6.10. The number of allylic oxidation sites excluding steroid dienone is 2. The summed E-state index contributed by atoms with van der Waals surface area (Å²) >= 11 is 7.47. The van der Waals surface area contributed by atoms with Crippen molar-refractivity contribution in [2.24, 2.45) is 0 Å². The topological polar surface area (TPSA) is 6.48 Å². The summed E-state index contributed by atoms with van der Waals surface area (Å²) in [4.78, 5) is 4.74. The Balaban J connectivity index is 2.23. The molecule has 4 heteroatoms. The van der Waals surface area contributed by atoms with Gasteiger partial charge in [0.15, 0.2) is 0 Å². The van der Waals surface area contributed by atoms with Crippen LogP contribution in [0.4, 0.5) is 11.4 Å². The number of hydrogen-bond acceptors (Lipinski definition) is 2. The molecule has 2 nitrogen and oxygen atoms in total. The molecule has 4 rings (SSSR count). The number of nitrogens with zero attached hydrogens (tertiary/aromatic N) is 2. The van der Waals surface area contributed by atoms with E-state index in [-0.39, 0.29) is 0 Å². The maximum atomic E-state index is 3.74.